The van der Waals surface area contributed by atoms with Gasteiger partial charge in [0.15, 0.2) is 6.61 Å². The highest BCUT2D eigenvalue weighted by Gasteiger charge is 2.44. The summed E-state index contributed by atoms with van der Waals surface area (Å²) in [4.78, 5) is 11.0. The predicted octanol–water partition coefficient (Wildman–Crippen LogP) is 3.58. The van der Waals surface area contributed by atoms with E-state index in [0.717, 1.165) is 0 Å². The van der Waals surface area contributed by atoms with Gasteiger partial charge in [0.25, 0.3) is 0 Å². The number of benzene rings is 1. The van der Waals surface area contributed by atoms with E-state index in [-0.39, 0.29) is 36.8 Å². The molecule has 2 aliphatic rings. The summed E-state index contributed by atoms with van der Waals surface area (Å²) in [6.45, 7) is -3.76. The van der Waals surface area contributed by atoms with Crippen molar-refractivity contribution in [1.29, 1.82) is 0 Å². The lowest BCUT2D eigenvalue weighted by molar-refractivity contribution is -0.139. The second kappa shape index (κ2) is 9.75. The molecule has 1 saturated carbocycles. The number of carboxylic acids is 1. The van der Waals surface area contributed by atoms with Gasteiger partial charge in [-0.2, -0.15) is 0 Å². The monoisotopic (exact) mass is 399 g/mol. The van der Waals surface area contributed by atoms with Gasteiger partial charge < -0.3 is 20.1 Å². The van der Waals surface area contributed by atoms with Crippen LogP contribution in [0.1, 0.15) is 75.2 Å². The SMILES string of the molecule is [2H]C1([2H])c2c(cccc2OCC(=O)O)C[C@@H]2[C@@H](CC[C@@H](O)CCC([2H])([2H])C([2H])([2H])C([2H])([2H])[2H])[C@H](O)C[C@@H]21. The van der Waals surface area contributed by atoms with Crippen molar-refractivity contribution in [2.45, 2.75) is 76.7 Å². The molecule has 0 aromatic heterocycles. The zero-order chi connectivity index (χ0) is 28.0. The van der Waals surface area contributed by atoms with Gasteiger partial charge in [-0.15, -0.1) is 0 Å². The first-order valence-electron chi connectivity index (χ1n) is 14.2. The fourth-order valence-corrected chi connectivity index (χ4v) is 4.50. The molecular weight excluding hydrogens is 356 g/mol. The topological polar surface area (TPSA) is 87.0 Å². The number of carbonyl (C=O) groups is 1. The summed E-state index contributed by atoms with van der Waals surface area (Å²) < 4.78 is 76.1. The van der Waals surface area contributed by atoms with Crippen LogP contribution in [0.2, 0.25) is 0 Å². The molecule has 156 valence electrons. The highest BCUT2D eigenvalue weighted by Crippen LogP contribution is 2.48. The molecule has 0 radical (unpaired) electrons. The Balaban J connectivity index is 1.68. The van der Waals surface area contributed by atoms with E-state index in [0.29, 0.717) is 24.0 Å². The van der Waals surface area contributed by atoms with E-state index in [1.807, 2.05) is 0 Å². The number of carboxylic acid groups (broad SMARTS) is 1. The molecule has 0 aliphatic heterocycles. The molecule has 1 aromatic rings. The van der Waals surface area contributed by atoms with Crippen molar-refractivity contribution in [3.8, 4) is 5.75 Å². The zero-order valence-electron chi connectivity index (χ0n) is 24.7. The highest BCUT2D eigenvalue weighted by atomic mass is 16.5. The quantitative estimate of drug-likeness (QED) is 0.560. The maximum atomic E-state index is 11.0. The Morgan fingerprint density at radius 2 is 2.32 bits per heavy atom. The number of fused-ring (bicyclic) bond motifs is 2. The van der Waals surface area contributed by atoms with Crippen molar-refractivity contribution >= 4 is 5.97 Å². The van der Waals surface area contributed by atoms with Crippen molar-refractivity contribution in [3.63, 3.8) is 0 Å². The van der Waals surface area contributed by atoms with E-state index >= 15 is 0 Å². The molecule has 5 nitrogen and oxygen atoms in total. The van der Waals surface area contributed by atoms with Gasteiger partial charge in [-0.25, -0.2) is 4.79 Å². The van der Waals surface area contributed by atoms with Crippen molar-refractivity contribution in [3.05, 3.63) is 29.3 Å². The Morgan fingerprint density at radius 1 is 1.46 bits per heavy atom. The Hall–Kier alpha value is -1.59. The smallest absolute Gasteiger partial charge is 0.341 e. The van der Waals surface area contributed by atoms with Gasteiger partial charge in [0.1, 0.15) is 5.75 Å². The molecular formula is C23H34O5. The third-order valence-electron chi connectivity index (χ3n) is 5.83. The minimum absolute atomic E-state index is 0.159. The summed E-state index contributed by atoms with van der Waals surface area (Å²) in [5, 5.41) is 30.2. The van der Waals surface area contributed by atoms with E-state index in [9.17, 15) is 15.0 Å². The first-order chi connectivity index (χ1) is 16.9. The van der Waals surface area contributed by atoms with Gasteiger partial charge in [-0.3, -0.25) is 0 Å². The molecule has 2 aliphatic carbocycles. The average molecular weight is 400 g/mol. The molecule has 1 fully saturated rings. The van der Waals surface area contributed by atoms with Gasteiger partial charge in [-0.05, 0) is 73.4 Å². The number of rotatable bonds is 10. The second-order valence-corrected chi connectivity index (χ2v) is 7.63. The lowest BCUT2D eigenvalue weighted by atomic mass is 9.73. The number of hydrogen-bond donors (Lipinski definition) is 3. The zero-order valence-corrected chi connectivity index (χ0v) is 15.7. The minimum atomic E-state index is -3.15. The molecule has 0 unspecified atom stereocenters. The summed E-state index contributed by atoms with van der Waals surface area (Å²) in [5.41, 5.74) is 0.977. The summed E-state index contributed by atoms with van der Waals surface area (Å²) in [7, 11) is 0. The molecule has 1 aromatic carbocycles. The van der Waals surface area contributed by atoms with Crippen molar-refractivity contribution in [2.24, 2.45) is 17.8 Å². The normalized spacial score (nSPS) is 35.1. The third kappa shape index (κ3) is 5.06. The molecule has 3 rings (SSSR count). The van der Waals surface area contributed by atoms with E-state index in [2.05, 4.69) is 0 Å². The van der Waals surface area contributed by atoms with Crippen LogP contribution in [0.25, 0.3) is 0 Å². The Bertz CT molecular complexity index is 982. The van der Waals surface area contributed by atoms with Gasteiger partial charge in [0, 0.05) is 12.3 Å². The van der Waals surface area contributed by atoms with Crippen LogP contribution in [0.3, 0.4) is 0 Å². The van der Waals surface area contributed by atoms with Crippen LogP contribution in [-0.4, -0.2) is 40.1 Å². The molecule has 5 atom stereocenters. The highest BCUT2D eigenvalue weighted by molar-refractivity contribution is 5.68. The van der Waals surface area contributed by atoms with Crippen LogP contribution in [0.5, 0.6) is 5.75 Å². The van der Waals surface area contributed by atoms with Crippen LogP contribution >= 0.6 is 0 Å². The summed E-state index contributed by atoms with van der Waals surface area (Å²) >= 11 is 0. The van der Waals surface area contributed by atoms with E-state index < -0.39 is 63.1 Å². The number of aliphatic hydroxyl groups is 2. The number of aliphatic carboxylic acids is 1. The summed E-state index contributed by atoms with van der Waals surface area (Å²) in [6.07, 6.45) is -9.03. The molecule has 28 heavy (non-hydrogen) atoms. The van der Waals surface area contributed by atoms with Crippen LogP contribution in [0.4, 0.5) is 0 Å². The Labute approximate surface area is 180 Å². The summed E-state index contributed by atoms with van der Waals surface area (Å²) in [6, 6.07) is 4.96. The molecule has 0 spiro atoms. The first kappa shape index (κ1) is 12.2. The van der Waals surface area contributed by atoms with Gasteiger partial charge in [0.05, 0.1) is 12.2 Å². The number of hydrogen-bond acceptors (Lipinski definition) is 4. The van der Waals surface area contributed by atoms with Crippen LogP contribution in [-0.2, 0) is 17.6 Å². The third-order valence-corrected chi connectivity index (χ3v) is 5.83. The number of aliphatic hydroxyl groups excluding tert-OH is 2. The summed E-state index contributed by atoms with van der Waals surface area (Å²) in [5.74, 6) is -2.13. The molecule has 3 N–H and O–H groups in total. The van der Waals surface area contributed by atoms with Gasteiger partial charge in [-0.1, -0.05) is 38.2 Å². The molecule has 0 bridgehead atoms. The van der Waals surface area contributed by atoms with Crippen LogP contribution in [0, 0.1) is 17.8 Å². The van der Waals surface area contributed by atoms with Crippen LogP contribution < -0.4 is 4.74 Å². The average Bonchev–Trinajstić information content (AvgIpc) is 3.09. The minimum Gasteiger partial charge on any atom is -0.482 e. The number of ether oxygens (including phenoxy) is 1. The maximum Gasteiger partial charge on any atom is 0.341 e. The van der Waals surface area contributed by atoms with Crippen molar-refractivity contribution < 1.29 is 37.2 Å². The molecule has 5 heteroatoms. The Morgan fingerprint density at radius 3 is 3.11 bits per heavy atom. The van der Waals surface area contributed by atoms with Crippen molar-refractivity contribution in [1.82, 2.24) is 0 Å². The van der Waals surface area contributed by atoms with E-state index in [1.54, 1.807) is 12.1 Å². The second-order valence-electron chi connectivity index (χ2n) is 7.63. The molecule has 0 heterocycles. The fraction of sp³-hybridized carbons (Fsp3) is 0.696. The van der Waals surface area contributed by atoms with Crippen LogP contribution in [0.15, 0.2) is 18.2 Å². The van der Waals surface area contributed by atoms with E-state index in [4.69, 9.17) is 22.2 Å². The molecule has 0 amide bonds. The van der Waals surface area contributed by atoms with Crippen molar-refractivity contribution in [2.75, 3.05) is 6.61 Å². The van der Waals surface area contributed by atoms with E-state index in [1.165, 1.54) is 6.07 Å². The lowest BCUT2D eigenvalue weighted by Gasteiger charge is -2.32. The van der Waals surface area contributed by atoms with Gasteiger partial charge in [0.2, 0.25) is 0 Å². The predicted molar refractivity (Wildman–Crippen MR) is 107 cm³/mol. The van der Waals surface area contributed by atoms with Gasteiger partial charge >= 0.3 is 5.97 Å². The standard InChI is InChI=1S/C23H34O5/c1-2-3-4-7-17(24)9-10-18-19-11-15-6-5-8-22(28-14-23(26)27)20(15)12-16(19)13-21(18)25/h5-6,8,16-19,21,24-25H,2-4,7,9-14H2,1H3,(H,26,27)/t16-,17-,18+,19-,21+/m0/s1/i1D3,2D2,3D2,12D2. The fourth-order valence-electron chi connectivity index (χ4n) is 4.50. The first-order valence-corrected chi connectivity index (χ1v) is 9.73. The maximum absolute atomic E-state index is 11.0. The Kier molecular flexibility index (Phi) is 4.24. The molecule has 0 saturated heterocycles. The lowest BCUT2D eigenvalue weighted by Crippen LogP contribution is -2.28. The largest absolute Gasteiger partial charge is 0.482 e.